The van der Waals surface area contributed by atoms with Crippen molar-refractivity contribution >= 4 is 32.6 Å². The van der Waals surface area contributed by atoms with E-state index in [2.05, 4.69) is 15.3 Å². The maximum Gasteiger partial charge on any atom is 0.254 e. The van der Waals surface area contributed by atoms with Crippen molar-refractivity contribution in [1.82, 2.24) is 14.5 Å². The molecule has 2 heterocycles. The number of hydrogen-bond donors (Lipinski definition) is 1. The zero-order valence-electron chi connectivity index (χ0n) is 14.9. The average Bonchev–Trinajstić information content (AvgIpc) is 2.98. The molecule has 1 amide bonds. The molecule has 1 N–H and O–H groups in total. The second-order valence-corrected chi connectivity index (χ2v) is 7.09. The lowest BCUT2D eigenvalue weighted by atomic mass is 10.1. The van der Waals surface area contributed by atoms with E-state index in [1.807, 2.05) is 39.0 Å². The fourth-order valence-electron chi connectivity index (χ4n) is 2.40. The predicted molar refractivity (Wildman–Crippen MR) is 102 cm³/mol. The molecule has 1 aromatic carbocycles. The zero-order chi connectivity index (χ0) is 18.7. The van der Waals surface area contributed by atoms with Gasteiger partial charge in [-0.2, -0.15) is 0 Å². The maximum absolute atomic E-state index is 12.2. The van der Waals surface area contributed by atoms with Gasteiger partial charge in [0.25, 0.3) is 5.56 Å². The number of nitrogens with one attached hydrogen (secondary N) is 1. The molecule has 0 spiro atoms. The van der Waals surface area contributed by atoms with Gasteiger partial charge in [0.1, 0.15) is 12.3 Å². The van der Waals surface area contributed by atoms with Crippen molar-refractivity contribution in [3.63, 3.8) is 0 Å². The molecule has 136 valence electrons. The molecular formula is C18H20N4O3S. The first kappa shape index (κ1) is 18.1. The molecule has 3 aromatic rings. The first-order chi connectivity index (χ1) is 12.5. The van der Waals surface area contributed by atoms with Gasteiger partial charge in [-0.25, -0.2) is 9.97 Å². The highest BCUT2D eigenvalue weighted by Crippen LogP contribution is 2.29. The third-order valence-corrected chi connectivity index (χ3v) is 4.66. The SMILES string of the molecule is CCOc1ccc2nc(NC(=O)Cn3cnc(C(C)C)cc3=O)sc2c1. The van der Waals surface area contributed by atoms with E-state index >= 15 is 0 Å². The van der Waals surface area contributed by atoms with Gasteiger partial charge in [0.2, 0.25) is 5.91 Å². The highest BCUT2D eigenvalue weighted by atomic mass is 32.1. The van der Waals surface area contributed by atoms with Crippen LogP contribution >= 0.6 is 11.3 Å². The minimum absolute atomic E-state index is 0.107. The second-order valence-electron chi connectivity index (χ2n) is 6.06. The minimum atomic E-state index is -0.324. The molecule has 0 unspecified atom stereocenters. The summed E-state index contributed by atoms with van der Waals surface area (Å²) < 4.78 is 7.67. The number of rotatable bonds is 6. The van der Waals surface area contributed by atoms with Gasteiger partial charge in [-0.1, -0.05) is 25.2 Å². The van der Waals surface area contributed by atoms with E-state index in [4.69, 9.17) is 4.74 Å². The van der Waals surface area contributed by atoms with Crippen LogP contribution in [0.5, 0.6) is 5.75 Å². The van der Waals surface area contributed by atoms with E-state index in [1.54, 1.807) is 0 Å². The monoisotopic (exact) mass is 372 g/mol. The number of carbonyl (C=O) groups is 1. The van der Waals surface area contributed by atoms with Crippen molar-refractivity contribution in [2.75, 3.05) is 11.9 Å². The summed E-state index contributed by atoms with van der Waals surface area (Å²) in [5.41, 5.74) is 1.25. The van der Waals surface area contributed by atoms with Crippen LogP contribution in [0.2, 0.25) is 0 Å². The first-order valence-corrected chi connectivity index (χ1v) is 9.17. The number of aromatic nitrogens is 3. The Labute approximate surface area is 154 Å². The standard InChI is InChI=1S/C18H20N4O3S/c1-4-25-12-5-6-13-15(7-12)26-18(20-13)21-16(23)9-22-10-19-14(11(2)3)8-17(22)24/h5-8,10-11H,4,9H2,1-3H3,(H,20,21,23). The molecule has 0 saturated carbocycles. The maximum atomic E-state index is 12.2. The van der Waals surface area contributed by atoms with E-state index in [0.29, 0.717) is 17.4 Å². The van der Waals surface area contributed by atoms with Gasteiger partial charge in [-0.05, 0) is 31.0 Å². The van der Waals surface area contributed by atoms with Crippen molar-refractivity contribution in [2.24, 2.45) is 0 Å². The quantitative estimate of drug-likeness (QED) is 0.719. The third kappa shape index (κ3) is 4.08. The minimum Gasteiger partial charge on any atom is -0.494 e. The van der Waals surface area contributed by atoms with Gasteiger partial charge in [-0.3, -0.25) is 14.2 Å². The number of ether oxygens (including phenoxy) is 1. The molecule has 0 aliphatic heterocycles. The number of anilines is 1. The highest BCUT2D eigenvalue weighted by Gasteiger charge is 2.11. The van der Waals surface area contributed by atoms with Gasteiger partial charge >= 0.3 is 0 Å². The molecule has 8 heteroatoms. The first-order valence-electron chi connectivity index (χ1n) is 8.36. The molecule has 0 aliphatic rings. The highest BCUT2D eigenvalue weighted by molar-refractivity contribution is 7.22. The lowest BCUT2D eigenvalue weighted by Crippen LogP contribution is -2.28. The zero-order valence-corrected chi connectivity index (χ0v) is 15.7. The van der Waals surface area contributed by atoms with E-state index < -0.39 is 0 Å². The summed E-state index contributed by atoms with van der Waals surface area (Å²) in [6.07, 6.45) is 1.41. The largest absolute Gasteiger partial charge is 0.494 e. The number of carbonyl (C=O) groups excluding carboxylic acids is 1. The lowest BCUT2D eigenvalue weighted by molar-refractivity contribution is -0.116. The van der Waals surface area contributed by atoms with Crippen molar-refractivity contribution < 1.29 is 9.53 Å². The number of thiazole rings is 1. The van der Waals surface area contributed by atoms with Crippen LogP contribution in [0.15, 0.2) is 35.4 Å². The van der Waals surface area contributed by atoms with E-state index in [9.17, 15) is 9.59 Å². The Morgan fingerprint density at radius 1 is 1.35 bits per heavy atom. The van der Waals surface area contributed by atoms with Crippen molar-refractivity contribution in [2.45, 2.75) is 33.2 Å². The second kappa shape index (κ2) is 7.65. The van der Waals surface area contributed by atoms with E-state index in [1.165, 1.54) is 28.3 Å². The third-order valence-electron chi connectivity index (χ3n) is 3.72. The summed E-state index contributed by atoms with van der Waals surface area (Å²) in [6.45, 7) is 6.33. The Kier molecular flexibility index (Phi) is 5.32. The number of benzene rings is 1. The fourth-order valence-corrected chi connectivity index (χ4v) is 3.31. The summed E-state index contributed by atoms with van der Waals surface area (Å²) in [6, 6.07) is 7.06. The molecule has 2 aromatic heterocycles. The number of amides is 1. The van der Waals surface area contributed by atoms with E-state index in [0.717, 1.165) is 16.0 Å². The molecule has 0 atom stereocenters. The van der Waals surface area contributed by atoms with Gasteiger partial charge < -0.3 is 10.1 Å². The molecule has 0 bridgehead atoms. The fraction of sp³-hybridized carbons (Fsp3) is 0.333. The topological polar surface area (TPSA) is 86.1 Å². The Balaban J connectivity index is 1.72. The van der Waals surface area contributed by atoms with Crippen LogP contribution in [-0.4, -0.2) is 27.0 Å². The number of hydrogen-bond acceptors (Lipinski definition) is 6. The molecule has 0 aliphatic carbocycles. The molecule has 26 heavy (non-hydrogen) atoms. The van der Waals surface area contributed by atoms with Crippen LogP contribution in [0.4, 0.5) is 5.13 Å². The van der Waals surface area contributed by atoms with Crippen LogP contribution < -0.4 is 15.6 Å². The van der Waals surface area contributed by atoms with Gasteiger partial charge in [-0.15, -0.1) is 0 Å². The Morgan fingerprint density at radius 3 is 2.85 bits per heavy atom. The molecule has 3 rings (SSSR count). The van der Waals surface area contributed by atoms with Crippen LogP contribution in [-0.2, 0) is 11.3 Å². The summed E-state index contributed by atoms with van der Waals surface area (Å²) in [7, 11) is 0. The lowest BCUT2D eigenvalue weighted by Gasteiger charge is -2.07. The Hall–Kier alpha value is -2.74. The summed E-state index contributed by atoms with van der Waals surface area (Å²) in [5.74, 6) is 0.607. The summed E-state index contributed by atoms with van der Waals surface area (Å²) in [4.78, 5) is 32.9. The van der Waals surface area contributed by atoms with Gasteiger partial charge in [0, 0.05) is 6.07 Å². The van der Waals surface area contributed by atoms with Gasteiger partial charge in [0.15, 0.2) is 5.13 Å². The predicted octanol–water partition coefficient (Wildman–Crippen LogP) is 3.01. The van der Waals surface area contributed by atoms with Crippen LogP contribution in [0.25, 0.3) is 10.2 Å². The van der Waals surface area contributed by atoms with Crippen molar-refractivity contribution in [3.05, 3.63) is 46.6 Å². The number of nitrogens with zero attached hydrogens (tertiary/aromatic N) is 3. The number of fused-ring (bicyclic) bond motifs is 1. The van der Waals surface area contributed by atoms with Crippen LogP contribution in [0, 0.1) is 0 Å². The molecule has 0 radical (unpaired) electrons. The average molecular weight is 372 g/mol. The summed E-state index contributed by atoms with van der Waals surface area (Å²) >= 11 is 1.36. The van der Waals surface area contributed by atoms with Crippen LogP contribution in [0.1, 0.15) is 32.4 Å². The summed E-state index contributed by atoms with van der Waals surface area (Å²) in [5, 5.41) is 3.22. The molecule has 7 nitrogen and oxygen atoms in total. The Bertz CT molecular complexity index is 994. The molecule has 0 fully saturated rings. The molecular weight excluding hydrogens is 352 g/mol. The van der Waals surface area contributed by atoms with Crippen molar-refractivity contribution in [1.29, 1.82) is 0 Å². The molecule has 0 saturated heterocycles. The van der Waals surface area contributed by atoms with Gasteiger partial charge in [0.05, 0.1) is 28.8 Å². The Morgan fingerprint density at radius 2 is 2.15 bits per heavy atom. The van der Waals surface area contributed by atoms with Crippen LogP contribution in [0.3, 0.4) is 0 Å². The smallest absolute Gasteiger partial charge is 0.254 e. The van der Waals surface area contributed by atoms with E-state index in [-0.39, 0.29) is 23.9 Å². The normalized spacial score (nSPS) is 11.1. The van der Waals surface area contributed by atoms with Crippen molar-refractivity contribution in [3.8, 4) is 5.75 Å².